The number of rotatable bonds is 7. The van der Waals surface area contributed by atoms with Crippen molar-refractivity contribution >= 4 is 35.0 Å². The molecule has 30 heavy (non-hydrogen) atoms. The third-order valence-electron chi connectivity index (χ3n) is 4.29. The van der Waals surface area contributed by atoms with Gasteiger partial charge in [0, 0.05) is 11.4 Å². The SMILES string of the molecule is Cc1ccc(NC(=O)C(C)SCC(=O)Nc2ccc(F)cc2)cc1-n1nnnc1C. The first-order chi connectivity index (χ1) is 14.3. The maximum absolute atomic E-state index is 12.9. The molecule has 1 unspecified atom stereocenters. The summed E-state index contributed by atoms with van der Waals surface area (Å²) in [6.45, 7) is 5.45. The number of halogens is 1. The van der Waals surface area contributed by atoms with Crippen LogP contribution in [0.5, 0.6) is 0 Å². The fraction of sp³-hybridized carbons (Fsp3) is 0.250. The quantitative estimate of drug-likeness (QED) is 0.600. The van der Waals surface area contributed by atoms with E-state index in [0.717, 1.165) is 11.3 Å². The Bertz CT molecular complexity index is 1050. The van der Waals surface area contributed by atoms with Crippen LogP contribution in [0.25, 0.3) is 5.69 Å². The summed E-state index contributed by atoms with van der Waals surface area (Å²) in [5.41, 5.74) is 2.85. The van der Waals surface area contributed by atoms with Crippen LogP contribution in [-0.2, 0) is 9.59 Å². The molecule has 1 atom stereocenters. The number of benzene rings is 2. The van der Waals surface area contributed by atoms with Gasteiger partial charge in [-0.05, 0) is 73.2 Å². The lowest BCUT2D eigenvalue weighted by Gasteiger charge is -2.14. The van der Waals surface area contributed by atoms with Crippen molar-refractivity contribution in [3.8, 4) is 5.69 Å². The van der Waals surface area contributed by atoms with Crippen LogP contribution in [0.1, 0.15) is 18.3 Å². The van der Waals surface area contributed by atoms with Gasteiger partial charge < -0.3 is 10.6 Å². The number of tetrazole rings is 1. The third-order valence-corrected chi connectivity index (χ3v) is 5.43. The monoisotopic (exact) mass is 428 g/mol. The molecule has 3 rings (SSSR count). The second kappa shape index (κ2) is 9.49. The fourth-order valence-corrected chi connectivity index (χ4v) is 3.30. The van der Waals surface area contributed by atoms with E-state index in [0.29, 0.717) is 17.2 Å². The van der Waals surface area contributed by atoms with Crippen LogP contribution in [0, 0.1) is 19.7 Å². The number of nitrogens with zero attached hydrogens (tertiary/aromatic N) is 4. The van der Waals surface area contributed by atoms with Crippen LogP contribution in [-0.4, -0.2) is 43.0 Å². The highest BCUT2D eigenvalue weighted by Gasteiger charge is 2.17. The van der Waals surface area contributed by atoms with E-state index in [-0.39, 0.29) is 23.4 Å². The number of aryl methyl sites for hydroxylation is 2. The van der Waals surface area contributed by atoms with Gasteiger partial charge in [0.15, 0.2) is 5.82 Å². The first kappa shape index (κ1) is 21.4. The first-order valence-electron chi connectivity index (χ1n) is 9.17. The summed E-state index contributed by atoms with van der Waals surface area (Å²) in [6.07, 6.45) is 0. The Morgan fingerprint density at radius 3 is 2.47 bits per heavy atom. The Kier molecular flexibility index (Phi) is 6.78. The number of nitrogens with one attached hydrogen (secondary N) is 2. The number of amides is 2. The van der Waals surface area contributed by atoms with Gasteiger partial charge >= 0.3 is 0 Å². The highest BCUT2D eigenvalue weighted by atomic mass is 32.2. The second-order valence-corrected chi connectivity index (χ2v) is 7.97. The lowest BCUT2D eigenvalue weighted by atomic mass is 10.1. The van der Waals surface area contributed by atoms with Gasteiger partial charge in [0.1, 0.15) is 5.82 Å². The Morgan fingerprint density at radius 1 is 1.10 bits per heavy atom. The molecule has 1 heterocycles. The van der Waals surface area contributed by atoms with Gasteiger partial charge in [-0.3, -0.25) is 9.59 Å². The molecule has 0 aliphatic carbocycles. The summed E-state index contributed by atoms with van der Waals surface area (Å²) in [5.74, 6) is -0.134. The van der Waals surface area contributed by atoms with Gasteiger partial charge in [-0.2, -0.15) is 4.68 Å². The molecule has 2 amide bonds. The van der Waals surface area contributed by atoms with Crippen LogP contribution >= 0.6 is 11.8 Å². The number of aromatic nitrogens is 4. The summed E-state index contributed by atoms with van der Waals surface area (Å²) in [5, 5.41) is 16.6. The minimum absolute atomic E-state index is 0.0922. The summed E-state index contributed by atoms with van der Waals surface area (Å²) >= 11 is 1.21. The zero-order valence-electron chi connectivity index (χ0n) is 16.7. The maximum Gasteiger partial charge on any atom is 0.237 e. The molecule has 0 aliphatic rings. The Morgan fingerprint density at radius 2 is 1.80 bits per heavy atom. The zero-order valence-corrected chi connectivity index (χ0v) is 17.5. The van der Waals surface area contributed by atoms with Crippen molar-refractivity contribution < 1.29 is 14.0 Å². The highest BCUT2D eigenvalue weighted by Crippen LogP contribution is 2.21. The second-order valence-electron chi connectivity index (χ2n) is 6.64. The van der Waals surface area contributed by atoms with Crippen LogP contribution in [0.2, 0.25) is 0 Å². The maximum atomic E-state index is 12.9. The van der Waals surface area contributed by atoms with Crippen LogP contribution < -0.4 is 10.6 Å². The number of carbonyl (C=O) groups is 2. The smallest absolute Gasteiger partial charge is 0.237 e. The molecule has 0 fully saturated rings. The van der Waals surface area contributed by atoms with Crippen LogP contribution in [0.15, 0.2) is 42.5 Å². The van der Waals surface area contributed by atoms with E-state index >= 15 is 0 Å². The van der Waals surface area contributed by atoms with E-state index < -0.39 is 5.25 Å². The molecule has 10 heteroatoms. The molecule has 0 aliphatic heterocycles. The van der Waals surface area contributed by atoms with Crippen molar-refractivity contribution in [2.24, 2.45) is 0 Å². The predicted molar refractivity (Wildman–Crippen MR) is 114 cm³/mol. The predicted octanol–water partition coefficient (Wildman–Crippen LogP) is 3.12. The summed E-state index contributed by atoms with van der Waals surface area (Å²) < 4.78 is 14.5. The van der Waals surface area contributed by atoms with Crippen molar-refractivity contribution in [2.45, 2.75) is 26.0 Å². The average Bonchev–Trinajstić information content (AvgIpc) is 3.15. The van der Waals surface area contributed by atoms with E-state index in [1.165, 1.54) is 36.0 Å². The topological polar surface area (TPSA) is 102 Å². The summed E-state index contributed by atoms with van der Waals surface area (Å²) in [4.78, 5) is 24.6. The van der Waals surface area contributed by atoms with Crippen molar-refractivity contribution in [3.63, 3.8) is 0 Å². The lowest BCUT2D eigenvalue weighted by Crippen LogP contribution is -2.25. The van der Waals surface area contributed by atoms with Crippen molar-refractivity contribution in [1.82, 2.24) is 20.2 Å². The van der Waals surface area contributed by atoms with Crippen molar-refractivity contribution in [3.05, 3.63) is 59.7 Å². The van der Waals surface area contributed by atoms with E-state index in [2.05, 4.69) is 26.2 Å². The van der Waals surface area contributed by atoms with Crippen LogP contribution in [0.4, 0.5) is 15.8 Å². The molecule has 0 spiro atoms. The highest BCUT2D eigenvalue weighted by molar-refractivity contribution is 8.01. The van der Waals surface area contributed by atoms with Gasteiger partial charge in [-0.1, -0.05) is 6.07 Å². The summed E-state index contributed by atoms with van der Waals surface area (Å²) in [7, 11) is 0. The molecule has 0 saturated heterocycles. The molecular weight excluding hydrogens is 407 g/mol. The zero-order chi connectivity index (χ0) is 21.7. The number of thioether (sulfide) groups is 1. The normalized spacial score (nSPS) is 11.7. The lowest BCUT2D eigenvalue weighted by molar-refractivity contribution is -0.115. The minimum atomic E-state index is -0.455. The number of hydrogen-bond donors (Lipinski definition) is 2. The molecule has 3 aromatic rings. The van der Waals surface area contributed by atoms with Gasteiger partial charge in [-0.15, -0.1) is 16.9 Å². The molecule has 2 aromatic carbocycles. The Labute approximate surface area is 177 Å². The minimum Gasteiger partial charge on any atom is -0.325 e. The average molecular weight is 428 g/mol. The van der Waals surface area contributed by atoms with Crippen molar-refractivity contribution in [2.75, 3.05) is 16.4 Å². The molecule has 0 bridgehead atoms. The third kappa shape index (κ3) is 5.41. The van der Waals surface area contributed by atoms with Gasteiger partial charge in [0.2, 0.25) is 11.8 Å². The van der Waals surface area contributed by atoms with Crippen LogP contribution in [0.3, 0.4) is 0 Å². The van der Waals surface area contributed by atoms with E-state index in [9.17, 15) is 14.0 Å². The molecule has 156 valence electrons. The van der Waals surface area contributed by atoms with Gasteiger partial charge in [-0.25, -0.2) is 4.39 Å². The Hall–Kier alpha value is -3.27. The van der Waals surface area contributed by atoms with Crippen molar-refractivity contribution in [1.29, 1.82) is 0 Å². The number of carbonyl (C=O) groups excluding carboxylic acids is 2. The molecule has 8 nitrogen and oxygen atoms in total. The van der Waals surface area contributed by atoms with E-state index in [1.54, 1.807) is 30.7 Å². The fourth-order valence-electron chi connectivity index (χ4n) is 2.62. The van der Waals surface area contributed by atoms with E-state index in [1.807, 2.05) is 13.0 Å². The standard InChI is InChI=1S/C20H21FN6O2S/c1-12-4-7-17(10-18(12)27-14(3)24-25-26-27)23-20(29)13(2)30-11-19(28)22-16-8-5-15(21)6-9-16/h4-10,13H,11H2,1-3H3,(H,22,28)(H,23,29). The first-order valence-corrected chi connectivity index (χ1v) is 10.2. The van der Waals surface area contributed by atoms with E-state index in [4.69, 9.17) is 0 Å². The Balaban J connectivity index is 1.56. The molecule has 0 saturated carbocycles. The molecular formula is C20H21FN6O2S. The summed E-state index contributed by atoms with van der Waals surface area (Å²) in [6, 6.07) is 11.0. The van der Waals surface area contributed by atoms with Gasteiger partial charge in [0.25, 0.3) is 0 Å². The molecule has 0 radical (unpaired) electrons. The molecule has 1 aromatic heterocycles. The number of anilines is 2. The van der Waals surface area contributed by atoms with Gasteiger partial charge in [0.05, 0.1) is 16.7 Å². The number of hydrogen-bond acceptors (Lipinski definition) is 6. The molecule has 2 N–H and O–H groups in total. The largest absolute Gasteiger partial charge is 0.325 e.